The summed E-state index contributed by atoms with van der Waals surface area (Å²) in [5, 5.41) is 9.25. The van der Waals surface area contributed by atoms with Gasteiger partial charge in [-0.05, 0) is 44.9 Å². The van der Waals surface area contributed by atoms with Gasteiger partial charge in [-0.25, -0.2) is 0 Å². The Hall–Kier alpha value is -1.32. The van der Waals surface area contributed by atoms with E-state index in [0.29, 0.717) is 12.8 Å². The summed E-state index contributed by atoms with van der Waals surface area (Å²) in [6.07, 6.45) is 43.8. The van der Waals surface area contributed by atoms with Crippen molar-refractivity contribution in [2.45, 2.75) is 232 Å². The van der Waals surface area contributed by atoms with Crippen molar-refractivity contribution in [3.05, 3.63) is 12.2 Å². The Morgan fingerprint density at radius 1 is 0.500 bits per heavy atom. The van der Waals surface area contributed by atoms with Gasteiger partial charge in [0.05, 0.1) is 6.42 Å². The van der Waals surface area contributed by atoms with Crippen LogP contribution in [-0.2, 0) is 14.3 Å². The molecule has 0 aliphatic heterocycles. The number of hydrogen-bond acceptors (Lipinski definition) is 3. The highest BCUT2D eigenvalue weighted by Gasteiger charge is 2.17. The third-order valence-corrected chi connectivity index (χ3v) is 8.97. The molecular weight excluding hydrogens is 544 g/mol. The average molecular weight is 621 g/mol. The fourth-order valence-electron chi connectivity index (χ4n) is 6.08. The highest BCUT2D eigenvalue weighted by Crippen LogP contribution is 2.17. The number of unbranched alkanes of at least 4 members (excludes halogenated alkanes) is 27. The van der Waals surface area contributed by atoms with Crippen molar-refractivity contribution in [1.82, 2.24) is 0 Å². The minimum Gasteiger partial charge on any atom is -0.481 e. The Kier molecular flexibility index (Phi) is 35.1. The molecule has 1 atom stereocenters. The van der Waals surface area contributed by atoms with E-state index in [-0.39, 0.29) is 12.4 Å². The molecule has 1 N–H and O–H groups in total. The highest BCUT2D eigenvalue weighted by molar-refractivity contribution is 5.71. The first-order valence-electron chi connectivity index (χ1n) is 19.7. The zero-order valence-corrected chi connectivity index (χ0v) is 29.7. The number of rotatable bonds is 36. The van der Waals surface area contributed by atoms with Crippen molar-refractivity contribution in [1.29, 1.82) is 0 Å². The van der Waals surface area contributed by atoms with E-state index < -0.39 is 12.1 Å². The molecule has 44 heavy (non-hydrogen) atoms. The number of carboxylic acids is 1. The lowest BCUT2D eigenvalue weighted by Crippen LogP contribution is -2.21. The Morgan fingerprint density at radius 2 is 0.841 bits per heavy atom. The molecule has 1 unspecified atom stereocenters. The molecule has 4 nitrogen and oxygen atoms in total. The SMILES string of the molecule is CCCCCCCC/C=C\CCCCCCCCCCCC(=O)OC(CCCCCCCCCCCCCCC)CC(=O)O. The Balaban J connectivity index is 3.60. The minimum absolute atomic E-state index is 0.0700. The van der Waals surface area contributed by atoms with Crippen LogP contribution in [0.2, 0.25) is 0 Å². The summed E-state index contributed by atoms with van der Waals surface area (Å²) in [5.41, 5.74) is 0. The summed E-state index contributed by atoms with van der Waals surface area (Å²) in [6, 6.07) is 0. The largest absolute Gasteiger partial charge is 0.481 e. The number of carbonyl (C=O) groups is 2. The maximum Gasteiger partial charge on any atom is 0.307 e. The second-order valence-corrected chi connectivity index (χ2v) is 13.5. The Morgan fingerprint density at radius 3 is 1.23 bits per heavy atom. The van der Waals surface area contributed by atoms with Crippen LogP contribution in [0.25, 0.3) is 0 Å². The minimum atomic E-state index is -0.877. The molecule has 0 saturated heterocycles. The summed E-state index contributed by atoms with van der Waals surface area (Å²) in [4.78, 5) is 23.6. The molecule has 0 bridgehead atoms. The van der Waals surface area contributed by atoms with Crippen LogP contribution in [-0.4, -0.2) is 23.1 Å². The van der Waals surface area contributed by atoms with Crippen molar-refractivity contribution < 1.29 is 19.4 Å². The van der Waals surface area contributed by atoms with Crippen LogP contribution >= 0.6 is 0 Å². The quantitative estimate of drug-likeness (QED) is 0.0430. The van der Waals surface area contributed by atoms with Crippen LogP contribution in [0, 0.1) is 0 Å². The number of aliphatic carboxylic acids is 1. The first-order valence-corrected chi connectivity index (χ1v) is 19.7. The fraction of sp³-hybridized carbons (Fsp3) is 0.900. The molecule has 0 aromatic carbocycles. The van der Waals surface area contributed by atoms with E-state index in [0.717, 1.165) is 25.7 Å². The molecule has 0 fully saturated rings. The van der Waals surface area contributed by atoms with Crippen molar-refractivity contribution in [2.75, 3.05) is 0 Å². The van der Waals surface area contributed by atoms with E-state index in [1.54, 1.807) is 0 Å². The fourth-order valence-corrected chi connectivity index (χ4v) is 6.08. The molecule has 0 rings (SSSR count). The summed E-state index contributed by atoms with van der Waals surface area (Å²) in [7, 11) is 0. The number of carboxylic acid groups (broad SMARTS) is 1. The van der Waals surface area contributed by atoms with Crippen molar-refractivity contribution in [3.63, 3.8) is 0 Å². The van der Waals surface area contributed by atoms with Gasteiger partial charge in [0, 0.05) is 6.42 Å². The maximum absolute atomic E-state index is 12.3. The first-order chi connectivity index (χ1) is 21.6. The molecule has 0 aromatic rings. The first kappa shape index (κ1) is 42.7. The van der Waals surface area contributed by atoms with Crippen LogP contribution < -0.4 is 0 Å². The Bertz CT molecular complexity index is 629. The molecule has 0 radical (unpaired) electrons. The van der Waals surface area contributed by atoms with E-state index in [2.05, 4.69) is 26.0 Å². The third-order valence-electron chi connectivity index (χ3n) is 8.97. The number of allylic oxidation sites excluding steroid dienone is 2. The lowest BCUT2D eigenvalue weighted by Gasteiger charge is -2.16. The predicted molar refractivity (Wildman–Crippen MR) is 190 cm³/mol. The predicted octanol–water partition coefficient (Wildman–Crippen LogP) is 13.5. The monoisotopic (exact) mass is 621 g/mol. The van der Waals surface area contributed by atoms with Crippen LogP contribution in [0.4, 0.5) is 0 Å². The molecule has 0 heterocycles. The Labute approximate surface area is 275 Å². The lowest BCUT2D eigenvalue weighted by atomic mass is 10.0. The molecule has 0 spiro atoms. The van der Waals surface area contributed by atoms with Gasteiger partial charge in [0.25, 0.3) is 0 Å². The van der Waals surface area contributed by atoms with E-state index in [1.807, 2.05) is 0 Å². The smallest absolute Gasteiger partial charge is 0.307 e. The van der Waals surface area contributed by atoms with Gasteiger partial charge in [0.1, 0.15) is 6.10 Å². The standard InChI is InChI=1S/C40H76O4/c1-3-5-7-9-11-13-15-17-18-19-20-21-22-24-26-28-30-32-34-36-40(43)44-38(37-39(41)42)35-33-31-29-27-25-23-16-14-12-10-8-6-4-2/h17-18,38H,3-16,19-37H2,1-2H3,(H,41,42)/b18-17-. The van der Waals surface area contributed by atoms with E-state index >= 15 is 0 Å². The van der Waals surface area contributed by atoms with Crippen molar-refractivity contribution in [2.24, 2.45) is 0 Å². The molecule has 0 aromatic heterocycles. The van der Waals surface area contributed by atoms with Crippen LogP contribution in [0.1, 0.15) is 226 Å². The van der Waals surface area contributed by atoms with Crippen molar-refractivity contribution in [3.8, 4) is 0 Å². The molecule has 0 aliphatic rings. The molecule has 0 amide bonds. The number of ether oxygens (including phenoxy) is 1. The van der Waals surface area contributed by atoms with Gasteiger partial charge in [0.2, 0.25) is 0 Å². The highest BCUT2D eigenvalue weighted by atomic mass is 16.5. The summed E-state index contributed by atoms with van der Waals surface area (Å²) >= 11 is 0. The van der Waals surface area contributed by atoms with Crippen LogP contribution in [0.15, 0.2) is 12.2 Å². The summed E-state index contributed by atoms with van der Waals surface area (Å²) in [6.45, 7) is 4.54. The van der Waals surface area contributed by atoms with Gasteiger partial charge >= 0.3 is 11.9 Å². The third kappa shape index (κ3) is 35.2. The van der Waals surface area contributed by atoms with E-state index in [9.17, 15) is 14.7 Å². The molecule has 0 aliphatic carbocycles. The van der Waals surface area contributed by atoms with E-state index in [4.69, 9.17) is 4.74 Å². The molecule has 4 heteroatoms. The van der Waals surface area contributed by atoms with Gasteiger partial charge in [-0.3, -0.25) is 9.59 Å². The maximum atomic E-state index is 12.3. The zero-order chi connectivity index (χ0) is 32.2. The molecule has 260 valence electrons. The zero-order valence-electron chi connectivity index (χ0n) is 29.7. The van der Waals surface area contributed by atoms with Crippen LogP contribution in [0.5, 0.6) is 0 Å². The van der Waals surface area contributed by atoms with Gasteiger partial charge in [-0.15, -0.1) is 0 Å². The summed E-state index contributed by atoms with van der Waals surface area (Å²) < 4.78 is 5.58. The van der Waals surface area contributed by atoms with Crippen molar-refractivity contribution >= 4 is 11.9 Å². The van der Waals surface area contributed by atoms with Gasteiger partial charge in [-0.1, -0.05) is 180 Å². The second-order valence-electron chi connectivity index (χ2n) is 13.5. The molecular formula is C40H76O4. The van der Waals surface area contributed by atoms with Gasteiger partial charge in [0.15, 0.2) is 0 Å². The summed E-state index contributed by atoms with van der Waals surface area (Å²) in [5.74, 6) is -1.09. The lowest BCUT2D eigenvalue weighted by molar-refractivity contribution is -0.153. The number of carbonyl (C=O) groups excluding carboxylic acids is 1. The van der Waals surface area contributed by atoms with Crippen LogP contribution in [0.3, 0.4) is 0 Å². The van der Waals surface area contributed by atoms with E-state index in [1.165, 1.54) is 167 Å². The van der Waals surface area contributed by atoms with Gasteiger partial charge < -0.3 is 9.84 Å². The number of hydrogen-bond donors (Lipinski definition) is 1. The van der Waals surface area contributed by atoms with Gasteiger partial charge in [-0.2, -0.15) is 0 Å². The normalized spacial score (nSPS) is 12.2. The average Bonchev–Trinajstić information content (AvgIpc) is 3.00. The molecule has 0 saturated carbocycles. The number of esters is 1. The topological polar surface area (TPSA) is 63.6 Å². The second kappa shape index (κ2) is 36.2.